The quantitative estimate of drug-likeness (QED) is 0.439. The largest absolute Gasteiger partial charge is 0.493 e. The van der Waals surface area contributed by atoms with E-state index in [0.29, 0.717) is 23.7 Å². The Balaban J connectivity index is 1.80. The SMILES string of the molecule is COc1cccc(CNc2ccc(C(=O)O)c(Cl)c2)c1OCc1c(F)cccc1Cl. The Bertz CT molecular complexity index is 1050. The number of carboxylic acids is 1. The van der Waals surface area contributed by atoms with Gasteiger partial charge in [0.05, 0.1) is 22.7 Å². The van der Waals surface area contributed by atoms with E-state index in [2.05, 4.69) is 5.32 Å². The van der Waals surface area contributed by atoms with Crippen LogP contribution in [0.15, 0.2) is 54.6 Å². The minimum Gasteiger partial charge on any atom is -0.493 e. The summed E-state index contributed by atoms with van der Waals surface area (Å²) < 4.78 is 25.3. The zero-order chi connectivity index (χ0) is 21.7. The Morgan fingerprint density at radius 2 is 1.87 bits per heavy atom. The van der Waals surface area contributed by atoms with Gasteiger partial charge >= 0.3 is 5.97 Å². The third kappa shape index (κ3) is 4.96. The van der Waals surface area contributed by atoms with Crippen molar-refractivity contribution in [3.8, 4) is 11.5 Å². The van der Waals surface area contributed by atoms with E-state index in [-0.39, 0.29) is 27.8 Å². The highest BCUT2D eigenvalue weighted by Gasteiger charge is 2.14. The molecule has 0 heterocycles. The second kappa shape index (κ2) is 9.69. The van der Waals surface area contributed by atoms with Crippen LogP contribution in [0.1, 0.15) is 21.5 Å². The van der Waals surface area contributed by atoms with E-state index in [1.807, 2.05) is 6.07 Å². The lowest BCUT2D eigenvalue weighted by Crippen LogP contribution is -2.07. The lowest BCUT2D eigenvalue weighted by atomic mass is 10.1. The molecule has 156 valence electrons. The van der Waals surface area contributed by atoms with Crippen LogP contribution in [0.4, 0.5) is 10.1 Å². The van der Waals surface area contributed by atoms with Crippen LogP contribution in [0.5, 0.6) is 11.5 Å². The summed E-state index contributed by atoms with van der Waals surface area (Å²) in [6.07, 6.45) is 0. The minimum atomic E-state index is -1.10. The lowest BCUT2D eigenvalue weighted by Gasteiger charge is -2.17. The van der Waals surface area contributed by atoms with E-state index in [9.17, 15) is 9.18 Å². The molecular weight excluding hydrogens is 432 g/mol. The van der Waals surface area contributed by atoms with Gasteiger partial charge in [0, 0.05) is 23.4 Å². The van der Waals surface area contributed by atoms with Crippen molar-refractivity contribution in [2.45, 2.75) is 13.2 Å². The van der Waals surface area contributed by atoms with Crippen molar-refractivity contribution in [2.24, 2.45) is 0 Å². The van der Waals surface area contributed by atoms with E-state index in [1.165, 1.54) is 31.4 Å². The molecule has 3 aromatic rings. The summed E-state index contributed by atoms with van der Waals surface area (Å²) in [5.74, 6) is -0.617. The van der Waals surface area contributed by atoms with Crippen LogP contribution < -0.4 is 14.8 Å². The number of hydrogen-bond donors (Lipinski definition) is 2. The average molecular weight is 450 g/mol. The molecule has 3 aromatic carbocycles. The van der Waals surface area contributed by atoms with Crippen LogP contribution in [0.25, 0.3) is 0 Å². The fraction of sp³-hybridized carbons (Fsp3) is 0.136. The molecule has 0 spiro atoms. The van der Waals surface area contributed by atoms with Gasteiger partial charge in [-0.25, -0.2) is 9.18 Å². The maximum Gasteiger partial charge on any atom is 0.337 e. The summed E-state index contributed by atoms with van der Waals surface area (Å²) in [5.41, 5.74) is 1.66. The van der Waals surface area contributed by atoms with Gasteiger partial charge < -0.3 is 19.9 Å². The van der Waals surface area contributed by atoms with Crippen molar-refractivity contribution in [1.29, 1.82) is 0 Å². The number of para-hydroxylation sites is 1. The number of methoxy groups -OCH3 is 1. The standard InChI is InChI=1S/C22H18Cl2FNO4/c1-29-20-7-2-4-13(11-26-14-8-9-15(22(27)28)18(24)10-14)21(20)30-12-16-17(23)5-3-6-19(16)25/h2-10,26H,11-12H2,1H3,(H,27,28). The summed E-state index contributed by atoms with van der Waals surface area (Å²) in [6, 6.07) is 14.4. The van der Waals surface area contributed by atoms with Gasteiger partial charge in [-0.05, 0) is 36.4 Å². The molecule has 0 amide bonds. The number of hydrogen-bond acceptors (Lipinski definition) is 4. The zero-order valence-corrected chi connectivity index (χ0v) is 17.4. The predicted molar refractivity (Wildman–Crippen MR) is 114 cm³/mol. The predicted octanol–water partition coefficient (Wildman–Crippen LogP) is 6.03. The van der Waals surface area contributed by atoms with Crippen LogP contribution in [0.3, 0.4) is 0 Å². The fourth-order valence-electron chi connectivity index (χ4n) is 2.84. The van der Waals surface area contributed by atoms with Gasteiger partial charge in [-0.15, -0.1) is 0 Å². The van der Waals surface area contributed by atoms with Crippen LogP contribution in [0.2, 0.25) is 10.0 Å². The molecule has 30 heavy (non-hydrogen) atoms. The molecule has 0 aliphatic heterocycles. The third-order valence-electron chi connectivity index (χ3n) is 4.39. The van der Waals surface area contributed by atoms with E-state index >= 15 is 0 Å². The van der Waals surface area contributed by atoms with Gasteiger partial charge in [0.15, 0.2) is 11.5 Å². The highest BCUT2D eigenvalue weighted by molar-refractivity contribution is 6.33. The van der Waals surface area contributed by atoms with Gasteiger partial charge in [-0.3, -0.25) is 0 Å². The lowest BCUT2D eigenvalue weighted by molar-refractivity contribution is 0.0697. The van der Waals surface area contributed by atoms with Crippen LogP contribution in [0, 0.1) is 5.82 Å². The first-order chi connectivity index (χ1) is 14.4. The molecule has 0 saturated carbocycles. The average Bonchev–Trinajstić information content (AvgIpc) is 2.72. The van der Waals surface area contributed by atoms with E-state index < -0.39 is 11.8 Å². The van der Waals surface area contributed by atoms with Crippen molar-refractivity contribution >= 4 is 34.9 Å². The van der Waals surface area contributed by atoms with Gasteiger partial charge in [0.25, 0.3) is 0 Å². The molecule has 0 aliphatic carbocycles. The van der Waals surface area contributed by atoms with Gasteiger partial charge in [0.1, 0.15) is 12.4 Å². The third-order valence-corrected chi connectivity index (χ3v) is 5.05. The Morgan fingerprint density at radius 3 is 2.53 bits per heavy atom. The second-order valence-corrected chi connectivity index (χ2v) is 7.11. The summed E-state index contributed by atoms with van der Waals surface area (Å²) >= 11 is 12.1. The monoisotopic (exact) mass is 449 g/mol. The number of benzene rings is 3. The number of rotatable bonds is 8. The molecule has 0 bridgehead atoms. The first-order valence-electron chi connectivity index (χ1n) is 8.89. The van der Waals surface area contributed by atoms with E-state index in [1.54, 1.807) is 24.3 Å². The molecule has 0 atom stereocenters. The summed E-state index contributed by atoms with van der Waals surface area (Å²) in [5, 5.41) is 12.7. The van der Waals surface area contributed by atoms with Gasteiger partial charge in [-0.1, -0.05) is 41.4 Å². The highest BCUT2D eigenvalue weighted by Crippen LogP contribution is 2.33. The zero-order valence-electron chi connectivity index (χ0n) is 15.9. The molecule has 0 aliphatic rings. The number of anilines is 1. The summed E-state index contributed by atoms with van der Waals surface area (Å²) in [6.45, 7) is 0.262. The molecule has 8 heteroatoms. The van der Waals surface area contributed by atoms with Crippen molar-refractivity contribution in [2.75, 3.05) is 12.4 Å². The number of halogens is 3. The Labute approximate surface area is 183 Å². The van der Waals surface area contributed by atoms with Crippen molar-refractivity contribution in [3.63, 3.8) is 0 Å². The molecule has 0 aromatic heterocycles. The smallest absolute Gasteiger partial charge is 0.337 e. The minimum absolute atomic E-state index is 0.0226. The summed E-state index contributed by atoms with van der Waals surface area (Å²) in [7, 11) is 1.51. The molecule has 0 saturated heterocycles. The Morgan fingerprint density at radius 1 is 1.10 bits per heavy atom. The number of carboxylic acid groups (broad SMARTS) is 1. The van der Waals surface area contributed by atoms with Gasteiger partial charge in [0.2, 0.25) is 0 Å². The topological polar surface area (TPSA) is 67.8 Å². The van der Waals surface area contributed by atoms with E-state index in [4.69, 9.17) is 37.8 Å². The summed E-state index contributed by atoms with van der Waals surface area (Å²) in [4.78, 5) is 11.1. The highest BCUT2D eigenvalue weighted by atomic mass is 35.5. The van der Waals surface area contributed by atoms with Crippen molar-refractivity contribution in [3.05, 3.63) is 87.2 Å². The Kier molecular flexibility index (Phi) is 7.03. The number of carbonyl (C=O) groups is 1. The fourth-order valence-corrected chi connectivity index (χ4v) is 3.31. The maximum absolute atomic E-state index is 14.1. The molecule has 0 fully saturated rings. The van der Waals surface area contributed by atoms with Crippen LogP contribution in [-0.4, -0.2) is 18.2 Å². The molecule has 0 radical (unpaired) electrons. The molecule has 3 rings (SSSR count). The Hall–Kier alpha value is -2.96. The van der Waals surface area contributed by atoms with Crippen LogP contribution >= 0.6 is 23.2 Å². The number of aromatic carboxylic acids is 1. The normalized spacial score (nSPS) is 10.5. The van der Waals surface area contributed by atoms with Crippen molar-refractivity contribution < 1.29 is 23.8 Å². The van der Waals surface area contributed by atoms with Crippen LogP contribution in [-0.2, 0) is 13.2 Å². The van der Waals surface area contributed by atoms with E-state index in [0.717, 1.165) is 5.56 Å². The first-order valence-corrected chi connectivity index (χ1v) is 9.64. The maximum atomic E-state index is 14.1. The van der Waals surface area contributed by atoms with Gasteiger partial charge in [-0.2, -0.15) is 0 Å². The molecule has 0 unspecified atom stereocenters. The molecule has 5 nitrogen and oxygen atoms in total. The second-order valence-electron chi connectivity index (χ2n) is 6.29. The molecule has 2 N–H and O–H groups in total. The number of ether oxygens (including phenoxy) is 2. The number of nitrogens with one attached hydrogen (secondary N) is 1. The van der Waals surface area contributed by atoms with Crippen molar-refractivity contribution in [1.82, 2.24) is 0 Å². The molecular formula is C22H18Cl2FNO4. The first kappa shape index (κ1) is 21.7.